The average molecular weight is 427 g/mol. The third kappa shape index (κ3) is 3.83. The van der Waals surface area contributed by atoms with Gasteiger partial charge in [0.25, 0.3) is 0 Å². The van der Waals surface area contributed by atoms with E-state index in [4.69, 9.17) is 16.3 Å². The lowest BCUT2D eigenvalue weighted by Crippen LogP contribution is -2.61. The predicted octanol–water partition coefficient (Wildman–Crippen LogP) is 3.20. The topological polar surface area (TPSA) is 75.7 Å². The van der Waals surface area contributed by atoms with Crippen LogP contribution in [0.3, 0.4) is 0 Å². The van der Waals surface area contributed by atoms with Crippen molar-refractivity contribution in [1.29, 1.82) is 0 Å². The van der Waals surface area contributed by atoms with Crippen molar-refractivity contribution in [3.63, 3.8) is 0 Å². The second-order valence-electron chi connectivity index (χ2n) is 8.83. The Balaban J connectivity index is 1.55. The molecule has 0 saturated heterocycles. The molecule has 4 bridgehead atoms. The highest BCUT2D eigenvalue weighted by Gasteiger charge is 2.51. The van der Waals surface area contributed by atoms with Gasteiger partial charge in [0.15, 0.2) is 0 Å². The van der Waals surface area contributed by atoms with Gasteiger partial charge in [-0.1, -0.05) is 11.6 Å². The van der Waals surface area contributed by atoms with E-state index in [2.05, 4.69) is 5.32 Å². The lowest BCUT2D eigenvalue weighted by Gasteiger charge is -2.57. The molecule has 4 saturated carbocycles. The standard InChI is InChI=1S/C20H27ClN2O4S/c1-27-18-4-3-16(21)8-17(18)23(28(2,25)26)12-19(24)22-20-9-13-5-14(10-20)7-15(6-13)11-20/h3-4,8,13-15H,5-7,9-12H2,1-2H3,(H,22,24). The van der Waals surface area contributed by atoms with Crippen molar-refractivity contribution in [1.82, 2.24) is 5.32 Å². The molecule has 154 valence electrons. The minimum Gasteiger partial charge on any atom is -0.495 e. The summed E-state index contributed by atoms with van der Waals surface area (Å²) in [5, 5.41) is 3.61. The zero-order valence-corrected chi connectivity index (χ0v) is 17.9. The van der Waals surface area contributed by atoms with Crippen LogP contribution in [0.25, 0.3) is 0 Å². The monoisotopic (exact) mass is 426 g/mol. The lowest BCUT2D eigenvalue weighted by atomic mass is 9.53. The zero-order valence-electron chi connectivity index (χ0n) is 16.3. The van der Waals surface area contributed by atoms with Gasteiger partial charge in [0.1, 0.15) is 12.3 Å². The van der Waals surface area contributed by atoms with Crippen molar-refractivity contribution in [2.24, 2.45) is 17.8 Å². The number of carbonyl (C=O) groups is 1. The molecular weight excluding hydrogens is 400 g/mol. The average Bonchev–Trinajstić information content (AvgIpc) is 2.57. The maximum atomic E-state index is 13.0. The van der Waals surface area contributed by atoms with E-state index < -0.39 is 10.0 Å². The minimum absolute atomic E-state index is 0.159. The molecule has 1 aromatic rings. The van der Waals surface area contributed by atoms with Gasteiger partial charge in [-0.2, -0.15) is 0 Å². The second kappa shape index (κ2) is 7.10. The van der Waals surface area contributed by atoms with Crippen LogP contribution in [-0.2, 0) is 14.8 Å². The van der Waals surface area contributed by atoms with Crippen molar-refractivity contribution in [2.75, 3.05) is 24.2 Å². The third-order valence-electron chi connectivity index (χ3n) is 6.54. The predicted molar refractivity (Wildman–Crippen MR) is 109 cm³/mol. The second-order valence-corrected chi connectivity index (χ2v) is 11.2. The molecule has 1 N–H and O–H groups in total. The summed E-state index contributed by atoms with van der Waals surface area (Å²) >= 11 is 6.07. The molecule has 4 fully saturated rings. The number of halogens is 1. The summed E-state index contributed by atoms with van der Waals surface area (Å²) in [7, 11) is -2.23. The summed E-state index contributed by atoms with van der Waals surface area (Å²) in [5.41, 5.74) is 0.117. The molecule has 4 aliphatic rings. The first kappa shape index (κ1) is 19.8. The van der Waals surface area contributed by atoms with Gasteiger partial charge in [0.05, 0.1) is 19.1 Å². The quantitative estimate of drug-likeness (QED) is 0.757. The number of hydrogen-bond donors (Lipinski definition) is 1. The molecule has 1 aromatic carbocycles. The summed E-state index contributed by atoms with van der Waals surface area (Å²) in [4.78, 5) is 13.0. The number of nitrogens with zero attached hydrogens (tertiary/aromatic N) is 1. The molecule has 0 atom stereocenters. The highest BCUT2D eigenvalue weighted by molar-refractivity contribution is 7.92. The molecular formula is C20H27ClN2O4S. The van der Waals surface area contributed by atoms with Gasteiger partial charge in [0, 0.05) is 10.6 Å². The van der Waals surface area contributed by atoms with Crippen molar-refractivity contribution < 1.29 is 17.9 Å². The van der Waals surface area contributed by atoms with Crippen LogP contribution in [0.4, 0.5) is 5.69 Å². The smallest absolute Gasteiger partial charge is 0.241 e. The largest absolute Gasteiger partial charge is 0.495 e. The van der Waals surface area contributed by atoms with Gasteiger partial charge in [-0.15, -0.1) is 0 Å². The summed E-state index contributed by atoms with van der Waals surface area (Å²) in [6.45, 7) is -0.280. The number of sulfonamides is 1. The van der Waals surface area contributed by atoms with E-state index in [-0.39, 0.29) is 23.7 Å². The van der Waals surface area contributed by atoms with Crippen molar-refractivity contribution >= 4 is 33.2 Å². The first-order chi connectivity index (χ1) is 13.2. The molecule has 0 spiro atoms. The van der Waals surface area contributed by atoms with E-state index in [1.807, 2.05) is 0 Å². The molecule has 0 radical (unpaired) electrons. The van der Waals surface area contributed by atoms with Crippen LogP contribution >= 0.6 is 11.6 Å². The van der Waals surface area contributed by atoms with E-state index in [0.29, 0.717) is 28.5 Å². The molecule has 8 heteroatoms. The lowest BCUT2D eigenvalue weighted by molar-refractivity contribution is -0.125. The minimum atomic E-state index is -3.69. The molecule has 28 heavy (non-hydrogen) atoms. The zero-order chi connectivity index (χ0) is 20.1. The number of amides is 1. The number of nitrogens with one attached hydrogen (secondary N) is 1. The molecule has 0 aliphatic heterocycles. The summed E-state index contributed by atoms with van der Waals surface area (Å²) in [6, 6.07) is 4.74. The summed E-state index contributed by atoms with van der Waals surface area (Å²) in [5.74, 6) is 2.19. The molecule has 0 aromatic heterocycles. The fraction of sp³-hybridized carbons (Fsp3) is 0.650. The van der Waals surface area contributed by atoms with Crippen LogP contribution in [0.15, 0.2) is 18.2 Å². The maximum Gasteiger partial charge on any atom is 0.241 e. The molecule has 0 unspecified atom stereocenters. The highest BCUT2D eigenvalue weighted by Crippen LogP contribution is 2.55. The fourth-order valence-electron chi connectivity index (χ4n) is 5.97. The van der Waals surface area contributed by atoms with Gasteiger partial charge in [-0.25, -0.2) is 8.42 Å². The Labute approximate surface area is 171 Å². The fourth-order valence-corrected chi connectivity index (χ4v) is 6.99. The van der Waals surface area contributed by atoms with E-state index in [9.17, 15) is 13.2 Å². The van der Waals surface area contributed by atoms with Crippen LogP contribution in [0.1, 0.15) is 38.5 Å². The van der Waals surface area contributed by atoms with Crippen molar-refractivity contribution in [3.8, 4) is 5.75 Å². The summed E-state index contributed by atoms with van der Waals surface area (Å²) < 4.78 is 31.3. The van der Waals surface area contributed by atoms with Crippen LogP contribution in [-0.4, -0.2) is 39.8 Å². The molecule has 0 heterocycles. The van der Waals surface area contributed by atoms with E-state index >= 15 is 0 Å². The summed E-state index contributed by atoms with van der Waals surface area (Å²) in [6.07, 6.45) is 7.99. The third-order valence-corrected chi connectivity index (χ3v) is 7.90. The Bertz CT molecular complexity index is 851. The number of hydrogen-bond acceptors (Lipinski definition) is 4. The molecule has 1 amide bonds. The first-order valence-electron chi connectivity index (χ1n) is 9.80. The number of benzene rings is 1. The van der Waals surface area contributed by atoms with Gasteiger partial charge < -0.3 is 10.1 Å². The van der Waals surface area contributed by atoms with E-state index in [0.717, 1.165) is 29.8 Å². The van der Waals surface area contributed by atoms with Gasteiger partial charge in [-0.05, 0) is 74.5 Å². The van der Waals surface area contributed by atoms with Gasteiger partial charge in [0.2, 0.25) is 15.9 Å². The van der Waals surface area contributed by atoms with E-state index in [1.54, 1.807) is 12.1 Å². The Morgan fingerprint density at radius 1 is 1.21 bits per heavy atom. The van der Waals surface area contributed by atoms with E-state index in [1.165, 1.54) is 32.4 Å². The Morgan fingerprint density at radius 3 is 2.29 bits per heavy atom. The van der Waals surface area contributed by atoms with Crippen molar-refractivity contribution in [2.45, 2.75) is 44.1 Å². The van der Waals surface area contributed by atoms with Crippen molar-refractivity contribution in [3.05, 3.63) is 23.2 Å². The Morgan fingerprint density at radius 2 is 1.79 bits per heavy atom. The maximum absolute atomic E-state index is 13.0. The molecule has 4 aliphatic carbocycles. The Hall–Kier alpha value is -1.47. The van der Waals surface area contributed by atoms with Crippen LogP contribution < -0.4 is 14.4 Å². The normalized spacial score (nSPS) is 30.9. The molecule has 6 nitrogen and oxygen atoms in total. The van der Waals surface area contributed by atoms with Crippen LogP contribution in [0.2, 0.25) is 5.02 Å². The Kier molecular flexibility index (Phi) is 5.02. The number of ether oxygens (including phenoxy) is 1. The highest BCUT2D eigenvalue weighted by atomic mass is 35.5. The first-order valence-corrected chi connectivity index (χ1v) is 12.0. The number of rotatable bonds is 6. The number of anilines is 1. The van der Waals surface area contributed by atoms with Gasteiger partial charge in [-0.3, -0.25) is 9.10 Å². The number of methoxy groups -OCH3 is 1. The SMILES string of the molecule is COc1ccc(Cl)cc1N(CC(=O)NC12CC3CC(CC(C3)C1)C2)S(C)(=O)=O. The number of carbonyl (C=O) groups excluding carboxylic acids is 1. The van der Waals surface area contributed by atoms with Crippen LogP contribution in [0.5, 0.6) is 5.75 Å². The van der Waals surface area contributed by atoms with Crippen LogP contribution in [0, 0.1) is 17.8 Å². The molecule has 5 rings (SSSR count). The van der Waals surface area contributed by atoms with Gasteiger partial charge >= 0.3 is 0 Å².